The van der Waals surface area contributed by atoms with E-state index in [1.807, 2.05) is 0 Å². The van der Waals surface area contributed by atoms with Gasteiger partial charge in [0.05, 0.1) is 5.60 Å². The number of rotatable bonds is 1. The van der Waals surface area contributed by atoms with Crippen LogP contribution in [0.3, 0.4) is 0 Å². The van der Waals surface area contributed by atoms with Gasteiger partial charge in [-0.25, -0.2) is 0 Å². The van der Waals surface area contributed by atoms with Crippen LogP contribution in [0, 0.1) is 23.7 Å². The van der Waals surface area contributed by atoms with Gasteiger partial charge >= 0.3 is 0 Å². The minimum Gasteiger partial charge on any atom is -0.389 e. The van der Waals surface area contributed by atoms with Gasteiger partial charge in [0.15, 0.2) is 0 Å². The van der Waals surface area contributed by atoms with E-state index in [2.05, 4.69) is 20.8 Å². The van der Waals surface area contributed by atoms with E-state index in [1.54, 1.807) is 0 Å². The molecule has 0 radical (unpaired) electrons. The van der Waals surface area contributed by atoms with Crippen LogP contribution in [0.4, 0.5) is 0 Å². The van der Waals surface area contributed by atoms with E-state index in [4.69, 9.17) is 0 Å². The largest absolute Gasteiger partial charge is 0.389 e. The second-order valence-corrected chi connectivity index (χ2v) is 6.61. The topological polar surface area (TPSA) is 20.2 Å². The molecule has 94 valence electrons. The van der Waals surface area contributed by atoms with Gasteiger partial charge in [-0.1, -0.05) is 46.5 Å². The summed E-state index contributed by atoms with van der Waals surface area (Å²) in [6.07, 6.45) is 8.77. The lowest BCUT2D eigenvalue weighted by molar-refractivity contribution is -0.118. The minimum absolute atomic E-state index is 0.336. The molecule has 2 saturated carbocycles. The van der Waals surface area contributed by atoms with Crippen molar-refractivity contribution in [2.24, 2.45) is 23.7 Å². The summed E-state index contributed by atoms with van der Waals surface area (Å²) >= 11 is 0. The molecule has 0 aromatic carbocycles. The second-order valence-electron chi connectivity index (χ2n) is 6.61. The molecule has 0 aromatic rings. The fourth-order valence-electron chi connectivity index (χ4n) is 4.01. The Balaban J connectivity index is 2.05. The third-order valence-electron chi connectivity index (χ3n) is 5.60. The summed E-state index contributed by atoms with van der Waals surface area (Å²) < 4.78 is 0. The van der Waals surface area contributed by atoms with Gasteiger partial charge in [-0.2, -0.15) is 0 Å². The van der Waals surface area contributed by atoms with Crippen LogP contribution in [0.25, 0.3) is 0 Å². The zero-order chi connectivity index (χ0) is 11.8. The predicted octanol–water partition coefficient (Wildman–Crippen LogP) is 4.00. The van der Waals surface area contributed by atoms with E-state index in [0.717, 1.165) is 12.3 Å². The van der Waals surface area contributed by atoms with Crippen molar-refractivity contribution in [3.63, 3.8) is 0 Å². The molecule has 2 aliphatic rings. The maximum absolute atomic E-state index is 11.0. The standard InChI is InChI=1S/C15H28O/c1-11-6-8-14(9-7-11)15(16)10-4-5-12(2)13(15)3/h11-14,16H,4-10H2,1-3H3. The SMILES string of the molecule is CC1CCC(C2(O)CCCC(C)C2C)CC1. The van der Waals surface area contributed by atoms with Crippen LogP contribution in [0.5, 0.6) is 0 Å². The molecular weight excluding hydrogens is 196 g/mol. The fourth-order valence-corrected chi connectivity index (χ4v) is 4.01. The third kappa shape index (κ3) is 2.16. The van der Waals surface area contributed by atoms with Crippen LogP contribution in [0.2, 0.25) is 0 Å². The van der Waals surface area contributed by atoms with Crippen LogP contribution in [0.15, 0.2) is 0 Å². The molecule has 3 unspecified atom stereocenters. The van der Waals surface area contributed by atoms with E-state index in [0.29, 0.717) is 17.8 Å². The highest BCUT2D eigenvalue weighted by atomic mass is 16.3. The van der Waals surface area contributed by atoms with Crippen molar-refractivity contribution in [2.45, 2.75) is 71.3 Å². The van der Waals surface area contributed by atoms with Gasteiger partial charge in [-0.05, 0) is 42.9 Å². The zero-order valence-corrected chi connectivity index (χ0v) is 11.2. The second kappa shape index (κ2) is 4.68. The number of aliphatic hydroxyl groups is 1. The van der Waals surface area contributed by atoms with Crippen LogP contribution >= 0.6 is 0 Å². The molecule has 16 heavy (non-hydrogen) atoms. The van der Waals surface area contributed by atoms with Crippen molar-refractivity contribution in [3.05, 3.63) is 0 Å². The molecular formula is C15H28O. The maximum atomic E-state index is 11.0. The molecule has 0 aromatic heterocycles. The summed E-state index contributed by atoms with van der Waals surface area (Å²) in [6, 6.07) is 0. The molecule has 1 heteroatoms. The highest BCUT2D eigenvalue weighted by molar-refractivity contribution is 4.97. The lowest BCUT2D eigenvalue weighted by Gasteiger charge is -2.48. The van der Waals surface area contributed by atoms with Gasteiger partial charge in [-0.15, -0.1) is 0 Å². The lowest BCUT2D eigenvalue weighted by atomic mass is 9.61. The minimum atomic E-state index is -0.336. The molecule has 1 N–H and O–H groups in total. The Bertz CT molecular complexity index is 230. The van der Waals surface area contributed by atoms with Gasteiger partial charge in [0.25, 0.3) is 0 Å². The van der Waals surface area contributed by atoms with Crippen molar-refractivity contribution >= 4 is 0 Å². The smallest absolute Gasteiger partial charge is 0.0703 e. The molecule has 2 rings (SSSR count). The number of hydrogen-bond acceptors (Lipinski definition) is 1. The Kier molecular flexibility index (Phi) is 3.63. The van der Waals surface area contributed by atoms with Gasteiger partial charge in [0, 0.05) is 0 Å². The summed E-state index contributed by atoms with van der Waals surface area (Å²) in [5, 5.41) is 11.0. The molecule has 2 aliphatic carbocycles. The Labute approximate surface area is 101 Å². The van der Waals surface area contributed by atoms with Crippen LogP contribution in [0.1, 0.15) is 65.7 Å². The fraction of sp³-hybridized carbons (Fsp3) is 1.00. The molecule has 0 aliphatic heterocycles. The zero-order valence-electron chi connectivity index (χ0n) is 11.2. The molecule has 0 bridgehead atoms. The normalized spacial score (nSPS) is 50.2. The monoisotopic (exact) mass is 224 g/mol. The Hall–Kier alpha value is -0.0400. The first-order valence-corrected chi connectivity index (χ1v) is 7.26. The van der Waals surface area contributed by atoms with Crippen LogP contribution < -0.4 is 0 Å². The van der Waals surface area contributed by atoms with Gasteiger partial charge < -0.3 is 5.11 Å². The number of hydrogen-bond donors (Lipinski definition) is 1. The van der Waals surface area contributed by atoms with Crippen molar-refractivity contribution in [3.8, 4) is 0 Å². The average molecular weight is 224 g/mol. The summed E-state index contributed by atoms with van der Waals surface area (Å²) in [6.45, 7) is 6.95. The maximum Gasteiger partial charge on any atom is 0.0703 e. The predicted molar refractivity (Wildman–Crippen MR) is 68.3 cm³/mol. The van der Waals surface area contributed by atoms with Crippen LogP contribution in [-0.4, -0.2) is 10.7 Å². The summed E-state index contributed by atoms with van der Waals surface area (Å²) in [5.41, 5.74) is -0.336. The molecule has 0 heterocycles. The van der Waals surface area contributed by atoms with Crippen molar-refractivity contribution in [1.82, 2.24) is 0 Å². The van der Waals surface area contributed by atoms with E-state index in [-0.39, 0.29) is 5.60 Å². The molecule has 2 fully saturated rings. The first-order chi connectivity index (χ1) is 7.54. The van der Waals surface area contributed by atoms with Gasteiger partial charge in [-0.3, -0.25) is 0 Å². The average Bonchev–Trinajstić information content (AvgIpc) is 2.27. The quantitative estimate of drug-likeness (QED) is 0.714. The van der Waals surface area contributed by atoms with Crippen molar-refractivity contribution in [1.29, 1.82) is 0 Å². The Morgan fingerprint density at radius 2 is 1.56 bits per heavy atom. The summed E-state index contributed by atoms with van der Waals surface area (Å²) in [7, 11) is 0. The van der Waals surface area contributed by atoms with E-state index >= 15 is 0 Å². The molecule has 0 saturated heterocycles. The highest BCUT2D eigenvalue weighted by Crippen LogP contribution is 2.47. The first kappa shape index (κ1) is 12.4. The highest BCUT2D eigenvalue weighted by Gasteiger charge is 2.45. The van der Waals surface area contributed by atoms with E-state index < -0.39 is 0 Å². The van der Waals surface area contributed by atoms with E-state index in [9.17, 15) is 5.11 Å². The molecule has 3 atom stereocenters. The third-order valence-corrected chi connectivity index (χ3v) is 5.60. The molecule has 0 spiro atoms. The van der Waals surface area contributed by atoms with Crippen molar-refractivity contribution < 1.29 is 5.11 Å². The molecule has 0 amide bonds. The lowest BCUT2D eigenvalue weighted by Crippen LogP contribution is -2.49. The Morgan fingerprint density at radius 3 is 2.19 bits per heavy atom. The first-order valence-electron chi connectivity index (χ1n) is 7.26. The van der Waals surface area contributed by atoms with Crippen molar-refractivity contribution in [2.75, 3.05) is 0 Å². The summed E-state index contributed by atoms with van der Waals surface area (Å²) in [5.74, 6) is 2.68. The Morgan fingerprint density at radius 1 is 0.938 bits per heavy atom. The van der Waals surface area contributed by atoms with Gasteiger partial charge in [0.1, 0.15) is 0 Å². The van der Waals surface area contributed by atoms with Crippen LogP contribution in [-0.2, 0) is 0 Å². The summed E-state index contributed by atoms with van der Waals surface area (Å²) in [4.78, 5) is 0. The van der Waals surface area contributed by atoms with E-state index in [1.165, 1.54) is 38.5 Å². The van der Waals surface area contributed by atoms with Gasteiger partial charge in [0.2, 0.25) is 0 Å². The molecule has 1 nitrogen and oxygen atoms in total.